The van der Waals surface area contributed by atoms with Gasteiger partial charge in [0.25, 0.3) is 0 Å². The number of fused-ring (bicyclic) bond motifs is 1. The third-order valence-electron chi connectivity index (χ3n) is 3.40. The van der Waals surface area contributed by atoms with Crippen molar-refractivity contribution in [2.75, 3.05) is 5.32 Å². The topological polar surface area (TPSA) is 49.3 Å². The first-order valence-corrected chi connectivity index (χ1v) is 7.38. The van der Waals surface area contributed by atoms with E-state index in [9.17, 15) is 14.3 Å². The Hall–Kier alpha value is -1.43. The summed E-state index contributed by atoms with van der Waals surface area (Å²) in [6.45, 7) is 0. The third kappa shape index (κ3) is 2.69. The summed E-state index contributed by atoms with van der Waals surface area (Å²) in [4.78, 5) is 11.4. The molecule has 1 aliphatic heterocycles. The summed E-state index contributed by atoms with van der Waals surface area (Å²) in [6.07, 6.45) is -0.957. The Balaban J connectivity index is 2.04. The maximum Gasteiger partial charge on any atom is 0.228 e. The average molecular weight is 371 g/mol. The molecule has 3 rings (SSSR count). The van der Waals surface area contributed by atoms with Crippen LogP contribution in [0.3, 0.4) is 0 Å². The zero-order valence-electron chi connectivity index (χ0n) is 10.7. The molecule has 6 heteroatoms. The Labute approximate surface area is 133 Å². The van der Waals surface area contributed by atoms with E-state index in [2.05, 4.69) is 21.2 Å². The first-order chi connectivity index (χ1) is 9.95. The van der Waals surface area contributed by atoms with Crippen molar-refractivity contribution in [3.63, 3.8) is 0 Å². The Morgan fingerprint density at radius 2 is 2.05 bits per heavy atom. The summed E-state index contributed by atoms with van der Waals surface area (Å²) in [6, 6.07) is 7.65. The van der Waals surface area contributed by atoms with Crippen LogP contribution in [0, 0.1) is 5.82 Å². The summed E-state index contributed by atoms with van der Waals surface area (Å²) in [7, 11) is 0. The van der Waals surface area contributed by atoms with Gasteiger partial charge in [-0.1, -0.05) is 33.6 Å². The van der Waals surface area contributed by atoms with Crippen molar-refractivity contribution in [1.82, 2.24) is 0 Å². The zero-order valence-corrected chi connectivity index (χ0v) is 13.0. The van der Waals surface area contributed by atoms with Gasteiger partial charge in [0.15, 0.2) is 0 Å². The first kappa shape index (κ1) is 14.5. The van der Waals surface area contributed by atoms with E-state index in [1.807, 2.05) is 0 Å². The molecule has 1 unspecified atom stereocenters. The number of nitrogens with one attached hydrogen (secondary N) is 1. The largest absolute Gasteiger partial charge is 0.383 e. The van der Waals surface area contributed by atoms with Crippen LogP contribution in [0.1, 0.15) is 22.8 Å². The van der Waals surface area contributed by atoms with Gasteiger partial charge in [0.2, 0.25) is 5.91 Å². The van der Waals surface area contributed by atoms with E-state index in [4.69, 9.17) is 11.6 Å². The number of carbonyl (C=O) groups is 1. The molecule has 3 nitrogen and oxygen atoms in total. The van der Waals surface area contributed by atoms with Crippen molar-refractivity contribution in [3.8, 4) is 0 Å². The number of aliphatic hydroxyl groups is 1. The summed E-state index contributed by atoms with van der Waals surface area (Å²) >= 11 is 9.31. The zero-order chi connectivity index (χ0) is 15.1. The van der Waals surface area contributed by atoms with Crippen LogP contribution in [0.5, 0.6) is 0 Å². The number of hydrogen-bond donors (Lipinski definition) is 2. The molecule has 1 amide bonds. The molecule has 2 aromatic carbocycles. The molecule has 2 N–H and O–H groups in total. The van der Waals surface area contributed by atoms with E-state index in [1.54, 1.807) is 18.2 Å². The van der Waals surface area contributed by atoms with Gasteiger partial charge in [-0.05, 0) is 29.8 Å². The summed E-state index contributed by atoms with van der Waals surface area (Å²) < 4.78 is 14.5. The molecule has 0 spiro atoms. The summed E-state index contributed by atoms with van der Waals surface area (Å²) in [5, 5.41) is 13.4. The molecule has 108 valence electrons. The van der Waals surface area contributed by atoms with Crippen molar-refractivity contribution >= 4 is 39.1 Å². The number of halogens is 3. The van der Waals surface area contributed by atoms with E-state index >= 15 is 0 Å². The maximum atomic E-state index is 14.0. The van der Waals surface area contributed by atoms with Crippen molar-refractivity contribution in [2.24, 2.45) is 0 Å². The van der Waals surface area contributed by atoms with Crippen LogP contribution in [-0.4, -0.2) is 11.0 Å². The molecule has 0 fully saturated rings. The molecule has 1 atom stereocenters. The lowest BCUT2D eigenvalue weighted by Crippen LogP contribution is -2.04. The highest BCUT2D eigenvalue weighted by atomic mass is 79.9. The van der Waals surface area contributed by atoms with Gasteiger partial charge in [0.05, 0.1) is 6.42 Å². The van der Waals surface area contributed by atoms with Crippen LogP contribution in [0.2, 0.25) is 5.02 Å². The van der Waals surface area contributed by atoms with Crippen molar-refractivity contribution in [2.45, 2.75) is 12.5 Å². The van der Waals surface area contributed by atoms with Gasteiger partial charge in [-0.15, -0.1) is 0 Å². The standard InChI is InChI=1S/C15H10BrClFNO2/c16-8-1-2-9(12(18)5-8)15(21)10-3-7-4-14(20)19-13(7)6-11(10)17/h1-3,5-6,15,21H,4H2,(H,19,20). The maximum absolute atomic E-state index is 14.0. The minimum Gasteiger partial charge on any atom is -0.383 e. The Kier molecular flexibility index (Phi) is 3.73. The number of rotatable bonds is 2. The number of benzene rings is 2. The number of aliphatic hydroxyl groups excluding tert-OH is 1. The van der Waals surface area contributed by atoms with E-state index in [0.29, 0.717) is 15.7 Å². The molecule has 0 aliphatic carbocycles. The molecule has 2 aromatic rings. The lowest BCUT2D eigenvalue weighted by molar-refractivity contribution is -0.115. The van der Waals surface area contributed by atoms with E-state index in [0.717, 1.165) is 5.56 Å². The normalized spacial score (nSPS) is 14.8. The Morgan fingerprint density at radius 3 is 2.76 bits per heavy atom. The van der Waals surface area contributed by atoms with E-state index in [1.165, 1.54) is 12.1 Å². The molecular weight excluding hydrogens is 361 g/mol. The van der Waals surface area contributed by atoms with Crippen LogP contribution in [0.15, 0.2) is 34.8 Å². The highest BCUT2D eigenvalue weighted by Crippen LogP contribution is 2.36. The van der Waals surface area contributed by atoms with Crippen molar-refractivity contribution in [1.29, 1.82) is 0 Å². The van der Waals surface area contributed by atoms with Crippen LogP contribution in [0.25, 0.3) is 0 Å². The van der Waals surface area contributed by atoms with Gasteiger partial charge in [-0.2, -0.15) is 0 Å². The second-order valence-corrected chi connectivity index (χ2v) is 6.15. The average Bonchev–Trinajstić information content (AvgIpc) is 2.76. The van der Waals surface area contributed by atoms with Crippen LogP contribution in [-0.2, 0) is 11.2 Å². The van der Waals surface area contributed by atoms with Gasteiger partial charge in [0.1, 0.15) is 11.9 Å². The number of carbonyl (C=O) groups excluding carboxylic acids is 1. The predicted octanol–water partition coefficient (Wildman–Crippen LogP) is 3.82. The molecule has 0 aromatic heterocycles. The molecule has 1 aliphatic rings. The van der Waals surface area contributed by atoms with Gasteiger partial charge >= 0.3 is 0 Å². The Morgan fingerprint density at radius 1 is 1.29 bits per heavy atom. The monoisotopic (exact) mass is 369 g/mol. The van der Waals surface area contributed by atoms with Crippen molar-refractivity contribution < 1.29 is 14.3 Å². The fourth-order valence-corrected chi connectivity index (χ4v) is 2.97. The van der Waals surface area contributed by atoms with E-state index < -0.39 is 11.9 Å². The highest BCUT2D eigenvalue weighted by Gasteiger charge is 2.24. The molecule has 0 saturated carbocycles. The Bertz CT molecular complexity index is 751. The van der Waals surface area contributed by atoms with Crippen LogP contribution in [0.4, 0.5) is 10.1 Å². The minimum absolute atomic E-state index is 0.123. The first-order valence-electron chi connectivity index (χ1n) is 6.21. The molecule has 0 radical (unpaired) electrons. The predicted molar refractivity (Wildman–Crippen MR) is 81.9 cm³/mol. The molecule has 0 bridgehead atoms. The summed E-state index contributed by atoms with van der Waals surface area (Å²) in [5.74, 6) is -0.648. The smallest absolute Gasteiger partial charge is 0.228 e. The minimum atomic E-state index is -1.19. The van der Waals surface area contributed by atoms with Gasteiger partial charge < -0.3 is 10.4 Å². The fraction of sp³-hybridized carbons (Fsp3) is 0.133. The molecule has 0 saturated heterocycles. The second kappa shape index (κ2) is 5.40. The number of amides is 1. The van der Waals surface area contributed by atoms with Gasteiger partial charge in [-0.3, -0.25) is 4.79 Å². The SMILES string of the molecule is O=C1Cc2cc(C(O)c3ccc(Br)cc3F)c(Cl)cc2N1. The molecule has 1 heterocycles. The quantitative estimate of drug-likeness (QED) is 0.844. The van der Waals surface area contributed by atoms with Gasteiger partial charge in [0, 0.05) is 26.3 Å². The van der Waals surface area contributed by atoms with Gasteiger partial charge in [-0.25, -0.2) is 4.39 Å². The third-order valence-corrected chi connectivity index (χ3v) is 4.22. The number of anilines is 1. The fourth-order valence-electron chi connectivity index (χ4n) is 2.37. The highest BCUT2D eigenvalue weighted by molar-refractivity contribution is 9.10. The lowest BCUT2D eigenvalue weighted by Gasteiger charge is -2.15. The summed E-state index contributed by atoms with van der Waals surface area (Å²) in [5.41, 5.74) is 1.90. The second-order valence-electron chi connectivity index (χ2n) is 4.82. The van der Waals surface area contributed by atoms with E-state index in [-0.39, 0.29) is 22.9 Å². The molecule has 21 heavy (non-hydrogen) atoms. The van der Waals surface area contributed by atoms with Crippen LogP contribution < -0.4 is 5.32 Å². The molecular formula is C15H10BrClFNO2. The van der Waals surface area contributed by atoms with Crippen molar-refractivity contribution in [3.05, 3.63) is 62.3 Å². The number of hydrogen-bond acceptors (Lipinski definition) is 2. The van der Waals surface area contributed by atoms with Crippen LogP contribution >= 0.6 is 27.5 Å². The lowest BCUT2D eigenvalue weighted by atomic mass is 9.98.